The summed E-state index contributed by atoms with van der Waals surface area (Å²) < 4.78 is 5.49. The number of rotatable bonds is 8. The summed E-state index contributed by atoms with van der Waals surface area (Å²) in [7, 11) is 1.94. The summed E-state index contributed by atoms with van der Waals surface area (Å²) in [5, 5.41) is 12.6. The largest absolute Gasteiger partial charge is 0.484 e. The van der Waals surface area contributed by atoms with E-state index in [1.165, 1.54) is 0 Å². The van der Waals surface area contributed by atoms with E-state index in [0.29, 0.717) is 18.7 Å². The molecule has 1 amide bonds. The highest BCUT2D eigenvalue weighted by molar-refractivity contribution is 5.83. The monoisotopic (exact) mass is 364 g/mol. The Bertz CT molecular complexity index is 818. The summed E-state index contributed by atoms with van der Waals surface area (Å²) in [6.45, 7) is 4.55. The van der Waals surface area contributed by atoms with E-state index in [1.54, 1.807) is 6.21 Å². The van der Waals surface area contributed by atoms with E-state index in [0.717, 1.165) is 22.4 Å². The number of carbonyl (C=O) groups is 1. The van der Waals surface area contributed by atoms with Gasteiger partial charge in [-0.3, -0.25) is 4.79 Å². The van der Waals surface area contributed by atoms with Crippen LogP contribution in [0.3, 0.4) is 0 Å². The molecule has 2 aromatic rings. The van der Waals surface area contributed by atoms with Crippen molar-refractivity contribution in [1.82, 2.24) is 5.43 Å². The van der Waals surface area contributed by atoms with Gasteiger partial charge in [-0.15, -0.1) is 0 Å². The van der Waals surface area contributed by atoms with Crippen LogP contribution in [0.5, 0.6) is 5.75 Å². The number of anilines is 1. The average molecular weight is 364 g/mol. The van der Waals surface area contributed by atoms with E-state index in [2.05, 4.69) is 16.6 Å². The van der Waals surface area contributed by atoms with Crippen LogP contribution in [0.15, 0.2) is 47.6 Å². The van der Waals surface area contributed by atoms with Crippen LogP contribution in [0.2, 0.25) is 0 Å². The van der Waals surface area contributed by atoms with Crippen molar-refractivity contribution in [3.63, 3.8) is 0 Å². The Kier molecular flexibility index (Phi) is 7.38. The third-order valence-electron chi connectivity index (χ3n) is 3.86. The molecule has 2 aromatic carbocycles. The Hall–Kier alpha value is -3.33. The Morgan fingerprint density at radius 1 is 1.22 bits per heavy atom. The lowest BCUT2D eigenvalue weighted by atomic mass is 10.1. The van der Waals surface area contributed by atoms with E-state index in [-0.39, 0.29) is 12.5 Å². The van der Waals surface area contributed by atoms with Crippen LogP contribution in [-0.2, 0) is 4.79 Å². The lowest BCUT2D eigenvalue weighted by Crippen LogP contribution is -2.24. The van der Waals surface area contributed by atoms with Gasteiger partial charge in [0.05, 0.1) is 18.7 Å². The molecule has 27 heavy (non-hydrogen) atoms. The van der Waals surface area contributed by atoms with E-state index < -0.39 is 0 Å². The minimum Gasteiger partial charge on any atom is -0.484 e. The van der Waals surface area contributed by atoms with Gasteiger partial charge in [-0.1, -0.05) is 18.2 Å². The predicted molar refractivity (Wildman–Crippen MR) is 107 cm³/mol. The summed E-state index contributed by atoms with van der Waals surface area (Å²) in [6.07, 6.45) is 2.06. The van der Waals surface area contributed by atoms with Crippen molar-refractivity contribution in [3.05, 3.63) is 59.2 Å². The molecular formula is C21H24N4O2. The number of aryl methyl sites for hydroxylation is 2. The fourth-order valence-electron chi connectivity index (χ4n) is 2.54. The van der Waals surface area contributed by atoms with Gasteiger partial charge in [0, 0.05) is 19.3 Å². The molecule has 2 rings (SSSR count). The number of benzene rings is 2. The average Bonchev–Trinajstić information content (AvgIpc) is 2.64. The zero-order valence-corrected chi connectivity index (χ0v) is 15.9. The molecular weight excluding hydrogens is 340 g/mol. The normalized spacial score (nSPS) is 10.4. The van der Waals surface area contributed by atoms with Crippen molar-refractivity contribution < 1.29 is 9.53 Å². The fraction of sp³-hybridized carbons (Fsp3) is 0.286. The third-order valence-corrected chi connectivity index (χ3v) is 3.86. The first-order chi connectivity index (χ1) is 13.0. The summed E-state index contributed by atoms with van der Waals surface area (Å²) >= 11 is 0. The topological polar surface area (TPSA) is 77.7 Å². The van der Waals surface area contributed by atoms with Gasteiger partial charge in [0.15, 0.2) is 6.61 Å². The smallest absolute Gasteiger partial charge is 0.277 e. The van der Waals surface area contributed by atoms with Crippen LogP contribution in [-0.4, -0.2) is 32.3 Å². The third kappa shape index (κ3) is 6.83. The van der Waals surface area contributed by atoms with E-state index in [9.17, 15) is 4.79 Å². The molecule has 0 saturated heterocycles. The van der Waals surface area contributed by atoms with Gasteiger partial charge in [0.25, 0.3) is 5.91 Å². The molecule has 1 N–H and O–H groups in total. The molecule has 0 atom stereocenters. The number of ether oxygens (including phenoxy) is 1. The second-order valence-corrected chi connectivity index (χ2v) is 6.33. The molecule has 140 valence electrons. The van der Waals surface area contributed by atoms with E-state index in [1.807, 2.05) is 68.3 Å². The molecule has 0 aromatic heterocycles. The first-order valence-corrected chi connectivity index (χ1v) is 8.69. The van der Waals surface area contributed by atoms with Crippen LogP contribution in [0, 0.1) is 25.2 Å². The predicted octanol–water partition coefficient (Wildman–Crippen LogP) is 3.18. The van der Waals surface area contributed by atoms with Crippen molar-refractivity contribution in [2.24, 2.45) is 5.10 Å². The van der Waals surface area contributed by atoms with Crippen LogP contribution >= 0.6 is 0 Å². The van der Waals surface area contributed by atoms with Gasteiger partial charge < -0.3 is 9.64 Å². The highest BCUT2D eigenvalue weighted by Crippen LogP contribution is 2.16. The minimum atomic E-state index is -0.321. The van der Waals surface area contributed by atoms with Crippen LogP contribution < -0.4 is 15.1 Å². The Morgan fingerprint density at radius 3 is 2.52 bits per heavy atom. The van der Waals surface area contributed by atoms with Gasteiger partial charge in [-0.25, -0.2) is 5.43 Å². The maximum Gasteiger partial charge on any atom is 0.277 e. The number of nitrogens with zero attached hydrogens (tertiary/aromatic N) is 3. The summed E-state index contributed by atoms with van der Waals surface area (Å²) in [5.41, 5.74) is 6.52. The van der Waals surface area contributed by atoms with Crippen molar-refractivity contribution >= 4 is 17.8 Å². The molecule has 6 nitrogen and oxygen atoms in total. The van der Waals surface area contributed by atoms with Gasteiger partial charge in [0.2, 0.25) is 0 Å². The minimum absolute atomic E-state index is 0.0944. The molecule has 0 radical (unpaired) electrons. The SMILES string of the molecule is Cc1cc(C)cc(OCC(=O)N/N=C\c2ccc(N(C)CCC#N)cc2)c1. The molecule has 0 bridgehead atoms. The number of amides is 1. The summed E-state index contributed by atoms with van der Waals surface area (Å²) in [5.74, 6) is 0.348. The molecule has 0 saturated carbocycles. The van der Waals surface area contributed by atoms with Crippen molar-refractivity contribution in [2.75, 3.05) is 25.1 Å². The number of hydrogen-bond acceptors (Lipinski definition) is 5. The zero-order valence-electron chi connectivity index (χ0n) is 15.9. The maximum atomic E-state index is 11.8. The summed E-state index contributed by atoms with van der Waals surface area (Å²) in [6, 6.07) is 15.7. The number of carbonyl (C=O) groups excluding carboxylic acids is 1. The summed E-state index contributed by atoms with van der Waals surface area (Å²) in [4.78, 5) is 13.8. The maximum absolute atomic E-state index is 11.8. The van der Waals surface area contributed by atoms with Crippen molar-refractivity contribution in [2.45, 2.75) is 20.3 Å². The molecule has 6 heteroatoms. The van der Waals surface area contributed by atoms with Gasteiger partial charge in [-0.2, -0.15) is 10.4 Å². The second-order valence-electron chi connectivity index (χ2n) is 6.33. The van der Waals surface area contributed by atoms with Crippen LogP contribution in [0.25, 0.3) is 0 Å². The number of hydrogen-bond donors (Lipinski definition) is 1. The molecule has 0 fully saturated rings. The second kappa shape index (κ2) is 9.97. The van der Waals surface area contributed by atoms with Gasteiger partial charge >= 0.3 is 0 Å². The Balaban J connectivity index is 1.80. The Labute approximate surface area is 160 Å². The van der Waals surface area contributed by atoms with E-state index >= 15 is 0 Å². The highest BCUT2D eigenvalue weighted by Gasteiger charge is 2.03. The molecule has 0 aliphatic carbocycles. The standard InChI is InChI=1S/C21H24N4O2/c1-16-11-17(2)13-20(12-16)27-15-21(26)24-23-14-18-5-7-19(8-6-18)25(3)10-4-9-22/h5-8,11-14H,4,10,15H2,1-3H3,(H,24,26)/b23-14-. The lowest BCUT2D eigenvalue weighted by molar-refractivity contribution is -0.123. The Morgan fingerprint density at radius 2 is 1.89 bits per heavy atom. The molecule has 0 aliphatic rings. The first kappa shape index (κ1) is 20.0. The van der Waals surface area contributed by atoms with Crippen molar-refractivity contribution in [1.29, 1.82) is 5.26 Å². The molecule has 0 heterocycles. The fourth-order valence-corrected chi connectivity index (χ4v) is 2.54. The lowest BCUT2D eigenvalue weighted by Gasteiger charge is -2.17. The number of nitrogens with one attached hydrogen (secondary N) is 1. The van der Waals surface area contributed by atoms with Crippen LogP contribution in [0.4, 0.5) is 5.69 Å². The molecule has 0 aliphatic heterocycles. The van der Waals surface area contributed by atoms with Crippen LogP contribution in [0.1, 0.15) is 23.1 Å². The molecule has 0 spiro atoms. The quantitative estimate of drug-likeness (QED) is 0.576. The zero-order chi connectivity index (χ0) is 19.6. The van der Waals surface area contributed by atoms with E-state index in [4.69, 9.17) is 10.00 Å². The van der Waals surface area contributed by atoms with Crippen molar-refractivity contribution in [3.8, 4) is 11.8 Å². The van der Waals surface area contributed by atoms with Gasteiger partial charge in [0.1, 0.15) is 5.75 Å². The molecule has 0 unspecified atom stereocenters. The van der Waals surface area contributed by atoms with Gasteiger partial charge in [-0.05, 0) is 54.8 Å². The number of hydrazone groups is 1. The first-order valence-electron chi connectivity index (χ1n) is 8.69. The number of nitriles is 1. The highest BCUT2D eigenvalue weighted by atomic mass is 16.5.